The van der Waals surface area contributed by atoms with Crippen LogP contribution in [0.2, 0.25) is 0 Å². The van der Waals surface area contributed by atoms with Crippen molar-refractivity contribution in [2.45, 2.75) is 38.3 Å². The van der Waals surface area contributed by atoms with Gasteiger partial charge in [0.1, 0.15) is 6.04 Å². The topological polar surface area (TPSA) is 41.6 Å². The maximum atomic E-state index is 12.1. The number of carbonyl (C=O) groups is 1. The summed E-state index contributed by atoms with van der Waals surface area (Å²) < 4.78 is 5.32. The van der Waals surface area contributed by atoms with E-state index < -0.39 is 0 Å². The van der Waals surface area contributed by atoms with Crippen LogP contribution < -0.4 is 5.32 Å². The number of nitrogens with one attached hydrogen (secondary N) is 1. The lowest BCUT2D eigenvalue weighted by Gasteiger charge is -2.37. The number of hydrogen-bond acceptors (Lipinski definition) is 3. The Hall–Kier alpha value is -0.320. The third kappa shape index (κ3) is 3.09. The SMILES string of the molecule is CC1CCCCN1C(=O)C1COCCN1.Cl. The molecule has 2 atom stereocenters. The summed E-state index contributed by atoms with van der Waals surface area (Å²) in [5.41, 5.74) is 0. The summed E-state index contributed by atoms with van der Waals surface area (Å²) in [7, 11) is 0. The van der Waals surface area contributed by atoms with Gasteiger partial charge in [0.25, 0.3) is 0 Å². The zero-order valence-corrected chi connectivity index (χ0v) is 10.6. The van der Waals surface area contributed by atoms with Crippen molar-refractivity contribution >= 4 is 18.3 Å². The Labute approximate surface area is 103 Å². The van der Waals surface area contributed by atoms with E-state index in [1.54, 1.807) is 0 Å². The molecule has 2 fully saturated rings. The minimum atomic E-state index is -0.112. The van der Waals surface area contributed by atoms with Gasteiger partial charge in [-0.1, -0.05) is 0 Å². The van der Waals surface area contributed by atoms with Crippen molar-refractivity contribution < 1.29 is 9.53 Å². The first-order valence-corrected chi connectivity index (χ1v) is 5.90. The molecule has 0 aliphatic carbocycles. The highest BCUT2D eigenvalue weighted by atomic mass is 35.5. The van der Waals surface area contributed by atoms with E-state index >= 15 is 0 Å². The van der Waals surface area contributed by atoms with E-state index in [9.17, 15) is 4.79 Å². The zero-order valence-electron chi connectivity index (χ0n) is 9.78. The molecule has 2 saturated heterocycles. The molecule has 0 bridgehead atoms. The predicted octanol–water partition coefficient (Wildman–Crippen LogP) is 0.798. The maximum absolute atomic E-state index is 12.1. The number of piperidine rings is 1. The lowest BCUT2D eigenvalue weighted by Crippen LogP contribution is -2.55. The van der Waals surface area contributed by atoms with E-state index in [0.29, 0.717) is 12.6 Å². The number of hydrogen-bond donors (Lipinski definition) is 1. The number of nitrogens with zero attached hydrogens (tertiary/aromatic N) is 1. The fourth-order valence-corrected chi connectivity index (χ4v) is 2.35. The van der Waals surface area contributed by atoms with Crippen LogP contribution >= 0.6 is 12.4 Å². The monoisotopic (exact) mass is 248 g/mol. The summed E-state index contributed by atoms with van der Waals surface area (Å²) in [6.45, 7) is 5.10. The van der Waals surface area contributed by atoms with Gasteiger partial charge in [0.05, 0.1) is 13.2 Å². The molecule has 0 spiro atoms. The highest BCUT2D eigenvalue weighted by Gasteiger charge is 2.30. The van der Waals surface area contributed by atoms with E-state index in [4.69, 9.17) is 4.74 Å². The van der Waals surface area contributed by atoms with E-state index in [1.807, 2.05) is 4.90 Å². The van der Waals surface area contributed by atoms with Crippen LogP contribution in [0.4, 0.5) is 0 Å². The maximum Gasteiger partial charge on any atom is 0.242 e. The summed E-state index contributed by atoms with van der Waals surface area (Å²) in [6.07, 6.45) is 3.53. The van der Waals surface area contributed by atoms with Crippen molar-refractivity contribution in [2.24, 2.45) is 0 Å². The number of halogens is 1. The van der Waals surface area contributed by atoms with Crippen molar-refractivity contribution in [3.8, 4) is 0 Å². The highest BCUT2D eigenvalue weighted by molar-refractivity contribution is 5.85. The highest BCUT2D eigenvalue weighted by Crippen LogP contribution is 2.17. The first-order chi connectivity index (χ1) is 7.29. The molecule has 2 aliphatic rings. The molecule has 16 heavy (non-hydrogen) atoms. The van der Waals surface area contributed by atoms with Crippen LogP contribution in [0.5, 0.6) is 0 Å². The van der Waals surface area contributed by atoms with Crippen molar-refractivity contribution in [2.75, 3.05) is 26.3 Å². The Morgan fingerprint density at radius 2 is 2.25 bits per heavy atom. The van der Waals surface area contributed by atoms with Gasteiger partial charge in [-0.2, -0.15) is 0 Å². The van der Waals surface area contributed by atoms with Gasteiger partial charge < -0.3 is 15.0 Å². The molecule has 0 aromatic carbocycles. The first kappa shape index (κ1) is 13.7. The molecule has 0 aromatic rings. The lowest BCUT2D eigenvalue weighted by molar-refractivity contribution is -0.139. The summed E-state index contributed by atoms with van der Waals surface area (Å²) in [4.78, 5) is 14.2. The molecule has 2 unspecified atom stereocenters. The number of rotatable bonds is 1. The Morgan fingerprint density at radius 3 is 2.88 bits per heavy atom. The summed E-state index contributed by atoms with van der Waals surface area (Å²) in [6, 6.07) is 0.286. The zero-order chi connectivity index (χ0) is 10.7. The van der Waals surface area contributed by atoms with E-state index in [-0.39, 0.29) is 24.4 Å². The Bertz CT molecular complexity index is 232. The third-order valence-electron chi connectivity index (χ3n) is 3.31. The second kappa shape index (κ2) is 6.42. The second-order valence-electron chi connectivity index (χ2n) is 4.46. The average Bonchev–Trinajstić information content (AvgIpc) is 2.30. The quantitative estimate of drug-likeness (QED) is 0.746. The van der Waals surface area contributed by atoms with Crippen LogP contribution in [0.1, 0.15) is 26.2 Å². The minimum absolute atomic E-state index is 0. The summed E-state index contributed by atoms with van der Waals surface area (Å²) in [5.74, 6) is 0.224. The first-order valence-electron chi connectivity index (χ1n) is 5.90. The molecule has 0 radical (unpaired) electrons. The summed E-state index contributed by atoms with van der Waals surface area (Å²) in [5, 5.41) is 3.22. The normalized spacial score (nSPS) is 30.7. The van der Waals surface area contributed by atoms with Crippen LogP contribution in [0, 0.1) is 0 Å². The molecule has 1 amide bonds. The van der Waals surface area contributed by atoms with Gasteiger partial charge in [-0.25, -0.2) is 0 Å². The van der Waals surface area contributed by atoms with Gasteiger partial charge in [-0.3, -0.25) is 4.79 Å². The number of ether oxygens (including phenoxy) is 1. The van der Waals surface area contributed by atoms with Gasteiger partial charge in [0.15, 0.2) is 0 Å². The smallest absolute Gasteiger partial charge is 0.242 e. The van der Waals surface area contributed by atoms with Gasteiger partial charge >= 0.3 is 0 Å². The second-order valence-corrected chi connectivity index (χ2v) is 4.46. The molecule has 94 valence electrons. The fraction of sp³-hybridized carbons (Fsp3) is 0.909. The Morgan fingerprint density at radius 1 is 1.44 bits per heavy atom. The van der Waals surface area contributed by atoms with Gasteiger partial charge in [0.2, 0.25) is 5.91 Å². The average molecular weight is 249 g/mol. The molecular weight excluding hydrogens is 228 g/mol. The van der Waals surface area contributed by atoms with Crippen molar-refractivity contribution in [3.63, 3.8) is 0 Å². The van der Waals surface area contributed by atoms with Crippen molar-refractivity contribution in [3.05, 3.63) is 0 Å². The Kier molecular flexibility index (Phi) is 5.52. The predicted molar refractivity (Wildman–Crippen MR) is 64.9 cm³/mol. The number of morpholine rings is 1. The van der Waals surface area contributed by atoms with Crippen LogP contribution in [0.15, 0.2) is 0 Å². The molecule has 0 saturated carbocycles. The van der Waals surface area contributed by atoms with Crippen molar-refractivity contribution in [1.29, 1.82) is 0 Å². The molecular formula is C11H21ClN2O2. The van der Waals surface area contributed by atoms with Gasteiger partial charge in [-0.15, -0.1) is 12.4 Å². The molecule has 1 N–H and O–H groups in total. The molecule has 0 aromatic heterocycles. The van der Waals surface area contributed by atoms with Crippen LogP contribution in [-0.2, 0) is 9.53 Å². The van der Waals surface area contributed by atoms with E-state index in [1.165, 1.54) is 6.42 Å². The molecule has 2 rings (SSSR count). The summed E-state index contributed by atoms with van der Waals surface area (Å²) >= 11 is 0. The van der Waals surface area contributed by atoms with Gasteiger partial charge in [-0.05, 0) is 26.2 Å². The van der Waals surface area contributed by atoms with E-state index in [2.05, 4.69) is 12.2 Å². The molecule has 2 heterocycles. The van der Waals surface area contributed by atoms with Gasteiger partial charge in [0, 0.05) is 19.1 Å². The molecule has 5 heteroatoms. The largest absolute Gasteiger partial charge is 0.378 e. The minimum Gasteiger partial charge on any atom is -0.378 e. The van der Waals surface area contributed by atoms with Crippen LogP contribution in [-0.4, -0.2) is 49.2 Å². The molecule has 4 nitrogen and oxygen atoms in total. The third-order valence-corrected chi connectivity index (χ3v) is 3.31. The Balaban J connectivity index is 0.00000128. The lowest BCUT2D eigenvalue weighted by atomic mass is 10.0. The number of carbonyl (C=O) groups excluding carboxylic acids is 1. The standard InChI is InChI=1S/C11H20N2O2.ClH/c1-9-4-2-3-6-13(9)11(14)10-8-15-7-5-12-10;/h9-10,12H,2-8H2,1H3;1H. The number of amides is 1. The van der Waals surface area contributed by atoms with Crippen LogP contribution in [0.3, 0.4) is 0 Å². The molecule has 2 aliphatic heterocycles. The fourth-order valence-electron chi connectivity index (χ4n) is 2.35. The van der Waals surface area contributed by atoms with E-state index in [0.717, 1.165) is 32.5 Å². The number of likely N-dealkylation sites (tertiary alicyclic amines) is 1. The van der Waals surface area contributed by atoms with Crippen molar-refractivity contribution in [1.82, 2.24) is 10.2 Å². The van der Waals surface area contributed by atoms with Crippen LogP contribution in [0.25, 0.3) is 0 Å².